The molecule has 0 saturated carbocycles. The van der Waals surface area contributed by atoms with E-state index in [0.717, 1.165) is 17.8 Å². The van der Waals surface area contributed by atoms with Gasteiger partial charge in [0, 0.05) is 13.0 Å². The zero-order valence-corrected chi connectivity index (χ0v) is 12.3. The Kier molecular flexibility index (Phi) is 7.47. The summed E-state index contributed by atoms with van der Waals surface area (Å²) >= 11 is 0.935. The molecule has 0 bridgehead atoms. The second-order valence-electron chi connectivity index (χ2n) is 4.27. The maximum atomic E-state index is 12.9. The van der Waals surface area contributed by atoms with E-state index in [1.165, 1.54) is 0 Å². The van der Waals surface area contributed by atoms with E-state index < -0.39 is 24.9 Å². The second-order valence-corrected chi connectivity index (χ2v) is 5.44. The first-order chi connectivity index (χ1) is 9.84. The quantitative estimate of drug-likeness (QED) is 0.555. The van der Waals surface area contributed by atoms with Gasteiger partial charge in [0.2, 0.25) is 0 Å². The minimum atomic E-state index is -4.51. The van der Waals surface area contributed by atoms with Gasteiger partial charge in [-0.25, -0.2) is 13.8 Å². The summed E-state index contributed by atoms with van der Waals surface area (Å²) in [5.74, 6) is 0. The highest BCUT2D eigenvalue weighted by Crippen LogP contribution is 2.34. The van der Waals surface area contributed by atoms with Crippen LogP contribution in [0.4, 0.5) is 22.0 Å². The van der Waals surface area contributed by atoms with Crippen LogP contribution in [-0.4, -0.2) is 31.2 Å². The molecular weight excluding hydrogens is 315 g/mol. The summed E-state index contributed by atoms with van der Waals surface area (Å²) in [6, 6.07) is 0. The highest BCUT2D eigenvalue weighted by Gasteiger charge is 2.37. The van der Waals surface area contributed by atoms with Gasteiger partial charge in [-0.15, -0.1) is 11.3 Å². The Hall–Kier alpha value is -0.800. The fourth-order valence-corrected chi connectivity index (χ4v) is 2.60. The van der Waals surface area contributed by atoms with Crippen molar-refractivity contribution in [3.63, 3.8) is 0 Å². The SMILES string of the molecule is CCCNCc1sc(CCOCC(F)F)nc1C(F)(F)F. The molecular formula is C12H17F5N2OS. The molecule has 1 rings (SSSR count). The Balaban J connectivity index is 2.64. The number of nitrogens with one attached hydrogen (secondary N) is 1. The molecule has 0 aliphatic heterocycles. The molecule has 0 atom stereocenters. The van der Waals surface area contributed by atoms with Gasteiger partial charge in [0.05, 0.1) is 16.5 Å². The molecule has 3 nitrogen and oxygen atoms in total. The first kappa shape index (κ1) is 18.2. The lowest BCUT2D eigenvalue weighted by Gasteiger charge is -2.06. The lowest BCUT2D eigenvalue weighted by Crippen LogP contribution is -2.17. The molecule has 0 unspecified atom stereocenters. The van der Waals surface area contributed by atoms with Gasteiger partial charge in [-0.05, 0) is 13.0 Å². The van der Waals surface area contributed by atoms with E-state index in [1.54, 1.807) is 0 Å². The molecule has 9 heteroatoms. The van der Waals surface area contributed by atoms with Crippen molar-refractivity contribution in [3.8, 4) is 0 Å². The number of halogens is 5. The number of rotatable bonds is 9. The Morgan fingerprint density at radius 3 is 2.62 bits per heavy atom. The molecule has 1 N–H and O–H groups in total. The van der Waals surface area contributed by atoms with Crippen LogP contribution in [0.3, 0.4) is 0 Å². The van der Waals surface area contributed by atoms with Crippen LogP contribution in [0.5, 0.6) is 0 Å². The number of nitrogens with zero attached hydrogens (tertiary/aromatic N) is 1. The van der Waals surface area contributed by atoms with Crippen molar-refractivity contribution in [3.05, 3.63) is 15.6 Å². The third kappa shape index (κ3) is 6.66. The Bertz CT molecular complexity index is 422. The Morgan fingerprint density at radius 2 is 2.05 bits per heavy atom. The lowest BCUT2D eigenvalue weighted by molar-refractivity contribution is -0.141. The number of aromatic nitrogens is 1. The van der Waals surface area contributed by atoms with Gasteiger partial charge in [0.15, 0.2) is 5.69 Å². The molecule has 0 aromatic carbocycles. The van der Waals surface area contributed by atoms with Gasteiger partial charge >= 0.3 is 6.18 Å². The van der Waals surface area contributed by atoms with Gasteiger partial charge in [-0.2, -0.15) is 13.2 Å². The Labute approximate surface area is 123 Å². The van der Waals surface area contributed by atoms with Crippen molar-refractivity contribution >= 4 is 11.3 Å². The van der Waals surface area contributed by atoms with E-state index in [1.807, 2.05) is 6.92 Å². The van der Waals surface area contributed by atoms with E-state index in [-0.39, 0.29) is 29.5 Å². The van der Waals surface area contributed by atoms with Gasteiger partial charge < -0.3 is 10.1 Å². The second kappa shape index (κ2) is 8.60. The van der Waals surface area contributed by atoms with Crippen molar-refractivity contribution in [1.82, 2.24) is 10.3 Å². The Morgan fingerprint density at radius 1 is 1.33 bits per heavy atom. The fourth-order valence-electron chi connectivity index (χ4n) is 1.56. The van der Waals surface area contributed by atoms with Crippen LogP contribution >= 0.6 is 11.3 Å². The van der Waals surface area contributed by atoms with Crippen molar-refractivity contribution in [2.75, 3.05) is 19.8 Å². The maximum absolute atomic E-state index is 12.9. The molecule has 0 saturated heterocycles. The highest BCUT2D eigenvalue weighted by molar-refractivity contribution is 7.11. The van der Waals surface area contributed by atoms with Gasteiger partial charge in [-0.1, -0.05) is 6.92 Å². The zero-order chi connectivity index (χ0) is 15.9. The number of thiazole rings is 1. The highest BCUT2D eigenvalue weighted by atomic mass is 32.1. The minimum absolute atomic E-state index is 0.0724. The van der Waals surface area contributed by atoms with Crippen LogP contribution in [0, 0.1) is 0 Å². The summed E-state index contributed by atoms with van der Waals surface area (Å²) in [5, 5.41) is 3.14. The summed E-state index contributed by atoms with van der Waals surface area (Å²) in [6.45, 7) is 1.83. The summed E-state index contributed by atoms with van der Waals surface area (Å²) < 4.78 is 66.9. The van der Waals surface area contributed by atoms with Gasteiger partial charge in [0.25, 0.3) is 6.43 Å². The van der Waals surface area contributed by atoms with E-state index in [4.69, 9.17) is 0 Å². The van der Waals surface area contributed by atoms with Crippen molar-refractivity contribution in [1.29, 1.82) is 0 Å². The van der Waals surface area contributed by atoms with Crippen LogP contribution in [0.1, 0.15) is 28.9 Å². The molecule has 0 fully saturated rings. The lowest BCUT2D eigenvalue weighted by atomic mass is 10.3. The predicted molar refractivity (Wildman–Crippen MR) is 69.6 cm³/mol. The molecule has 0 spiro atoms. The van der Waals surface area contributed by atoms with Crippen molar-refractivity contribution < 1.29 is 26.7 Å². The van der Waals surface area contributed by atoms with Crippen molar-refractivity contribution in [2.24, 2.45) is 0 Å². The summed E-state index contributed by atoms with van der Waals surface area (Å²) in [4.78, 5) is 3.67. The van der Waals surface area contributed by atoms with Crippen LogP contribution in [0.25, 0.3) is 0 Å². The molecule has 21 heavy (non-hydrogen) atoms. The van der Waals surface area contributed by atoms with E-state index in [9.17, 15) is 22.0 Å². The molecule has 0 aliphatic carbocycles. The topological polar surface area (TPSA) is 34.1 Å². The molecule has 0 amide bonds. The molecule has 1 heterocycles. The zero-order valence-electron chi connectivity index (χ0n) is 11.5. The molecule has 0 radical (unpaired) electrons. The molecule has 0 aliphatic rings. The van der Waals surface area contributed by atoms with Crippen LogP contribution in [-0.2, 0) is 23.9 Å². The smallest absolute Gasteiger partial charge is 0.375 e. The monoisotopic (exact) mass is 332 g/mol. The third-order valence-electron chi connectivity index (χ3n) is 2.43. The molecule has 1 aromatic heterocycles. The minimum Gasteiger partial charge on any atom is -0.375 e. The van der Waals surface area contributed by atoms with E-state index in [2.05, 4.69) is 15.0 Å². The predicted octanol–water partition coefficient (Wildman–Crippen LogP) is 3.49. The fraction of sp³-hybridized carbons (Fsp3) is 0.750. The molecule has 1 aromatic rings. The summed E-state index contributed by atoms with van der Waals surface area (Å²) in [7, 11) is 0. The summed E-state index contributed by atoms with van der Waals surface area (Å²) in [5.41, 5.74) is -0.903. The average Bonchev–Trinajstić information content (AvgIpc) is 2.78. The normalized spacial score (nSPS) is 12.3. The van der Waals surface area contributed by atoms with Crippen LogP contribution in [0.2, 0.25) is 0 Å². The largest absolute Gasteiger partial charge is 0.434 e. The summed E-state index contributed by atoms with van der Waals surface area (Å²) in [6.07, 6.45) is -6.19. The number of hydrogen-bond acceptors (Lipinski definition) is 4. The van der Waals surface area contributed by atoms with Gasteiger partial charge in [-0.3, -0.25) is 0 Å². The van der Waals surface area contributed by atoms with Crippen LogP contribution < -0.4 is 5.32 Å². The first-order valence-electron chi connectivity index (χ1n) is 6.47. The standard InChI is InChI=1S/C12H17F5N2OS/c1-2-4-18-6-8-11(12(15,16)17)19-10(21-8)3-5-20-7-9(13)14/h9,18H,2-7H2,1H3. The van der Waals surface area contributed by atoms with E-state index >= 15 is 0 Å². The third-order valence-corrected chi connectivity index (χ3v) is 3.54. The number of ether oxygens (including phenoxy) is 1. The number of hydrogen-bond donors (Lipinski definition) is 1. The maximum Gasteiger partial charge on any atom is 0.434 e. The number of alkyl halides is 5. The first-order valence-corrected chi connectivity index (χ1v) is 7.28. The van der Waals surface area contributed by atoms with Crippen molar-refractivity contribution in [2.45, 2.75) is 38.9 Å². The molecule has 122 valence electrons. The van der Waals surface area contributed by atoms with Gasteiger partial charge in [0.1, 0.15) is 6.61 Å². The average molecular weight is 332 g/mol. The van der Waals surface area contributed by atoms with E-state index in [0.29, 0.717) is 6.54 Å². The van der Waals surface area contributed by atoms with Crippen LogP contribution in [0.15, 0.2) is 0 Å².